The predicted octanol–water partition coefficient (Wildman–Crippen LogP) is 5.21. The minimum absolute atomic E-state index is 0.0339. The number of aromatic hydroxyl groups is 1. The maximum absolute atomic E-state index is 9.67. The van der Waals surface area contributed by atoms with Gasteiger partial charge in [0.1, 0.15) is 11.9 Å². The predicted molar refractivity (Wildman–Crippen MR) is 117 cm³/mol. The number of benzene rings is 3. The van der Waals surface area contributed by atoms with Crippen LogP contribution in [0.2, 0.25) is 0 Å². The Hall–Kier alpha value is -2.62. The first kappa shape index (κ1) is 19.7. The summed E-state index contributed by atoms with van der Waals surface area (Å²) in [6.45, 7) is 3.06. The molecule has 0 aliphatic carbocycles. The second kappa shape index (κ2) is 9.73. The van der Waals surface area contributed by atoms with Gasteiger partial charge in [-0.25, -0.2) is 0 Å². The smallest absolute Gasteiger partial charge is 0.115 e. The van der Waals surface area contributed by atoms with Crippen LogP contribution in [0.15, 0.2) is 84.9 Å². The van der Waals surface area contributed by atoms with Crippen LogP contribution in [-0.2, 0) is 11.2 Å². The number of nitrogens with zero attached hydrogens (tertiary/aromatic N) is 1. The summed E-state index contributed by atoms with van der Waals surface area (Å²) in [5.41, 5.74) is 3.59. The van der Waals surface area contributed by atoms with E-state index in [1.165, 1.54) is 16.7 Å². The van der Waals surface area contributed by atoms with Crippen molar-refractivity contribution in [2.45, 2.75) is 31.5 Å². The van der Waals surface area contributed by atoms with Gasteiger partial charge in [-0.15, -0.1) is 0 Å². The van der Waals surface area contributed by atoms with Crippen molar-refractivity contribution in [3.05, 3.63) is 102 Å². The molecule has 1 saturated heterocycles. The van der Waals surface area contributed by atoms with Gasteiger partial charge in [-0.1, -0.05) is 72.8 Å². The molecule has 1 atom stereocenters. The number of phenols is 1. The average molecular weight is 388 g/mol. The second-order valence-corrected chi connectivity index (χ2v) is 7.82. The molecule has 0 bridgehead atoms. The number of piperidine rings is 1. The fraction of sp³-hybridized carbons (Fsp3) is 0.308. The molecule has 1 aliphatic rings. The molecule has 0 amide bonds. The van der Waals surface area contributed by atoms with Crippen molar-refractivity contribution in [2.75, 3.05) is 19.6 Å². The topological polar surface area (TPSA) is 32.7 Å². The van der Waals surface area contributed by atoms with Crippen molar-refractivity contribution >= 4 is 0 Å². The van der Waals surface area contributed by atoms with Crippen LogP contribution in [0.5, 0.6) is 5.75 Å². The van der Waals surface area contributed by atoms with Gasteiger partial charge >= 0.3 is 0 Å². The fourth-order valence-corrected chi connectivity index (χ4v) is 4.12. The zero-order chi connectivity index (χ0) is 19.9. The van der Waals surface area contributed by atoms with Crippen LogP contribution < -0.4 is 0 Å². The summed E-state index contributed by atoms with van der Waals surface area (Å²) in [6.07, 6.45) is 3.38. The first-order chi connectivity index (χ1) is 14.3. The number of hydrogen-bond donors (Lipinski definition) is 1. The fourth-order valence-electron chi connectivity index (χ4n) is 4.12. The van der Waals surface area contributed by atoms with E-state index in [0.29, 0.717) is 5.75 Å². The Balaban J connectivity index is 1.41. The quantitative estimate of drug-likeness (QED) is 0.604. The van der Waals surface area contributed by atoms with Crippen molar-refractivity contribution in [2.24, 2.45) is 0 Å². The molecule has 150 valence electrons. The largest absolute Gasteiger partial charge is 0.508 e. The third-order valence-electron chi connectivity index (χ3n) is 5.62. The summed E-state index contributed by atoms with van der Waals surface area (Å²) in [7, 11) is 0. The lowest BCUT2D eigenvalue weighted by molar-refractivity contribution is -0.0330. The van der Waals surface area contributed by atoms with Gasteiger partial charge < -0.3 is 14.7 Å². The molecule has 3 heteroatoms. The Kier molecular flexibility index (Phi) is 6.60. The Morgan fingerprint density at radius 3 is 2.24 bits per heavy atom. The zero-order valence-corrected chi connectivity index (χ0v) is 16.8. The van der Waals surface area contributed by atoms with Gasteiger partial charge in [0.25, 0.3) is 0 Å². The Morgan fingerprint density at radius 2 is 1.59 bits per heavy atom. The number of rotatable bonds is 7. The van der Waals surface area contributed by atoms with Crippen LogP contribution in [-0.4, -0.2) is 35.7 Å². The lowest BCUT2D eigenvalue weighted by Gasteiger charge is -2.35. The van der Waals surface area contributed by atoms with Crippen molar-refractivity contribution in [1.29, 1.82) is 0 Å². The van der Waals surface area contributed by atoms with Crippen molar-refractivity contribution in [3.63, 3.8) is 0 Å². The Labute approximate surface area is 173 Å². The molecule has 0 radical (unpaired) electrons. The van der Waals surface area contributed by atoms with E-state index in [2.05, 4.69) is 71.6 Å². The standard InChI is InChI=1S/C26H29NO2/c28-24-14-7-9-21(19-24)16-18-27-17-8-15-25(20-27)29-26(22-10-3-1-4-11-22)23-12-5-2-6-13-23/h1-7,9-14,19,25-26,28H,8,15-18,20H2. The minimum Gasteiger partial charge on any atom is -0.508 e. The zero-order valence-electron chi connectivity index (χ0n) is 16.8. The summed E-state index contributed by atoms with van der Waals surface area (Å²) >= 11 is 0. The highest BCUT2D eigenvalue weighted by Crippen LogP contribution is 2.29. The molecule has 4 rings (SSSR count). The first-order valence-electron chi connectivity index (χ1n) is 10.5. The van der Waals surface area contributed by atoms with Gasteiger partial charge in [0.15, 0.2) is 0 Å². The lowest BCUT2D eigenvalue weighted by atomic mass is 10.00. The molecule has 1 aliphatic heterocycles. The molecule has 29 heavy (non-hydrogen) atoms. The molecule has 3 aromatic carbocycles. The van der Waals surface area contributed by atoms with Crippen LogP contribution in [0.4, 0.5) is 0 Å². The normalized spacial score (nSPS) is 17.5. The molecule has 0 aromatic heterocycles. The molecule has 3 nitrogen and oxygen atoms in total. The summed E-state index contributed by atoms with van der Waals surface area (Å²) in [4.78, 5) is 2.49. The average Bonchev–Trinajstić information content (AvgIpc) is 2.78. The first-order valence-corrected chi connectivity index (χ1v) is 10.5. The van der Waals surface area contributed by atoms with Gasteiger partial charge in [-0.05, 0) is 54.6 Å². The number of phenolic OH excluding ortho intramolecular Hbond substituents is 1. The molecule has 0 saturated carbocycles. The Bertz CT molecular complexity index is 842. The van der Waals surface area contributed by atoms with Crippen molar-refractivity contribution in [3.8, 4) is 5.75 Å². The highest BCUT2D eigenvalue weighted by atomic mass is 16.5. The third kappa shape index (κ3) is 5.47. The number of likely N-dealkylation sites (tertiary alicyclic amines) is 1. The van der Waals surface area contributed by atoms with Crippen LogP contribution in [0.1, 0.15) is 35.6 Å². The van der Waals surface area contributed by atoms with E-state index in [1.807, 2.05) is 12.1 Å². The van der Waals surface area contributed by atoms with E-state index in [1.54, 1.807) is 6.07 Å². The van der Waals surface area contributed by atoms with Gasteiger partial charge in [0, 0.05) is 13.1 Å². The summed E-state index contributed by atoms with van der Waals surface area (Å²) in [6, 6.07) is 28.6. The summed E-state index contributed by atoms with van der Waals surface area (Å²) in [5.74, 6) is 0.343. The molecular weight excluding hydrogens is 358 g/mol. The van der Waals surface area contributed by atoms with E-state index in [9.17, 15) is 5.11 Å². The molecule has 3 aromatic rings. The number of hydrogen-bond acceptors (Lipinski definition) is 3. The minimum atomic E-state index is -0.0339. The van der Waals surface area contributed by atoms with Gasteiger partial charge in [-0.2, -0.15) is 0 Å². The van der Waals surface area contributed by atoms with E-state index in [0.717, 1.165) is 38.9 Å². The van der Waals surface area contributed by atoms with Gasteiger partial charge in [0.05, 0.1) is 6.10 Å². The second-order valence-electron chi connectivity index (χ2n) is 7.82. The van der Waals surface area contributed by atoms with Crippen LogP contribution in [0.25, 0.3) is 0 Å². The lowest BCUT2D eigenvalue weighted by Crippen LogP contribution is -2.41. The highest BCUT2D eigenvalue weighted by molar-refractivity contribution is 5.30. The van der Waals surface area contributed by atoms with Crippen LogP contribution in [0.3, 0.4) is 0 Å². The monoisotopic (exact) mass is 387 g/mol. The molecule has 1 heterocycles. The molecular formula is C26H29NO2. The van der Waals surface area contributed by atoms with Crippen molar-refractivity contribution < 1.29 is 9.84 Å². The van der Waals surface area contributed by atoms with Crippen LogP contribution in [0, 0.1) is 0 Å². The molecule has 0 spiro atoms. The molecule has 1 fully saturated rings. The van der Waals surface area contributed by atoms with Gasteiger partial charge in [0.2, 0.25) is 0 Å². The third-order valence-corrected chi connectivity index (χ3v) is 5.62. The van der Waals surface area contributed by atoms with E-state index < -0.39 is 0 Å². The molecule has 1 unspecified atom stereocenters. The van der Waals surface area contributed by atoms with E-state index in [-0.39, 0.29) is 12.2 Å². The van der Waals surface area contributed by atoms with Crippen LogP contribution >= 0.6 is 0 Å². The Morgan fingerprint density at radius 1 is 0.897 bits per heavy atom. The van der Waals surface area contributed by atoms with E-state index >= 15 is 0 Å². The highest BCUT2D eigenvalue weighted by Gasteiger charge is 2.25. The maximum atomic E-state index is 9.67. The summed E-state index contributed by atoms with van der Waals surface area (Å²) < 4.78 is 6.68. The SMILES string of the molecule is Oc1cccc(CCN2CCCC(OC(c3ccccc3)c3ccccc3)C2)c1. The summed E-state index contributed by atoms with van der Waals surface area (Å²) in [5, 5.41) is 9.67. The maximum Gasteiger partial charge on any atom is 0.115 e. The van der Waals surface area contributed by atoms with Crippen molar-refractivity contribution in [1.82, 2.24) is 4.90 Å². The molecule has 1 N–H and O–H groups in total. The van der Waals surface area contributed by atoms with E-state index in [4.69, 9.17) is 4.74 Å². The number of ether oxygens (including phenoxy) is 1. The van der Waals surface area contributed by atoms with Gasteiger partial charge in [-0.3, -0.25) is 0 Å².